The SMILES string of the molecule is O=C(N[C@@H]1C=CCCC1)N[C@@H]1C=CCCC1. The van der Waals surface area contributed by atoms with Gasteiger partial charge in [-0.1, -0.05) is 24.3 Å². The van der Waals surface area contributed by atoms with E-state index >= 15 is 0 Å². The monoisotopic (exact) mass is 220 g/mol. The number of urea groups is 1. The Morgan fingerprint density at radius 3 is 1.81 bits per heavy atom. The van der Waals surface area contributed by atoms with E-state index in [1.807, 2.05) is 0 Å². The molecule has 0 saturated carbocycles. The normalized spacial score (nSPS) is 28.8. The fourth-order valence-corrected chi connectivity index (χ4v) is 2.24. The van der Waals surface area contributed by atoms with Crippen molar-refractivity contribution in [3.8, 4) is 0 Å². The highest BCUT2D eigenvalue weighted by atomic mass is 16.2. The number of hydrogen-bond donors (Lipinski definition) is 2. The summed E-state index contributed by atoms with van der Waals surface area (Å²) in [4.78, 5) is 11.7. The van der Waals surface area contributed by atoms with Crippen molar-refractivity contribution in [2.45, 2.75) is 50.6 Å². The summed E-state index contributed by atoms with van der Waals surface area (Å²) in [7, 11) is 0. The second kappa shape index (κ2) is 5.73. The second-order valence-electron chi connectivity index (χ2n) is 4.55. The number of allylic oxidation sites excluding steroid dienone is 2. The lowest BCUT2D eigenvalue weighted by Gasteiger charge is -2.22. The first-order valence-corrected chi connectivity index (χ1v) is 6.25. The van der Waals surface area contributed by atoms with Gasteiger partial charge < -0.3 is 10.6 Å². The van der Waals surface area contributed by atoms with Crippen molar-refractivity contribution in [1.29, 1.82) is 0 Å². The van der Waals surface area contributed by atoms with Crippen molar-refractivity contribution >= 4 is 6.03 Å². The van der Waals surface area contributed by atoms with Gasteiger partial charge in [0.05, 0.1) is 0 Å². The van der Waals surface area contributed by atoms with E-state index in [0.29, 0.717) is 0 Å². The van der Waals surface area contributed by atoms with Crippen LogP contribution < -0.4 is 10.6 Å². The molecule has 3 nitrogen and oxygen atoms in total. The lowest BCUT2D eigenvalue weighted by Crippen LogP contribution is -2.45. The summed E-state index contributed by atoms with van der Waals surface area (Å²) in [5.41, 5.74) is 0. The third kappa shape index (κ3) is 3.40. The Balaban J connectivity index is 1.74. The van der Waals surface area contributed by atoms with E-state index in [1.165, 1.54) is 12.8 Å². The van der Waals surface area contributed by atoms with Gasteiger partial charge in [0.1, 0.15) is 0 Å². The molecule has 0 saturated heterocycles. The molecule has 2 aliphatic rings. The van der Waals surface area contributed by atoms with Gasteiger partial charge in [0, 0.05) is 12.1 Å². The molecule has 0 aromatic carbocycles. The number of hydrogen-bond acceptors (Lipinski definition) is 1. The quantitative estimate of drug-likeness (QED) is 0.690. The largest absolute Gasteiger partial charge is 0.332 e. The molecular weight excluding hydrogens is 200 g/mol. The number of carbonyl (C=O) groups excluding carboxylic acids is 1. The Kier molecular flexibility index (Phi) is 4.03. The van der Waals surface area contributed by atoms with Crippen LogP contribution in [-0.4, -0.2) is 18.1 Å². The highest BCUT2D eigenvalue weighted by molar-refractivity contribution is 5.75. The van der Waals surface area contributed by atoms with Gasteiger partial charge in [0.15, 0.2) is 0 Å². The zero-order valence-corrected chi connectivity index (χ0v) is 9.61. The van der Waals surface area contributed by atoms with E-state index in [2.05, 4.69) is 34.9 Å². The van der Waals surface area contributed by atoms with Crippen molar-refractivity contribution in [3.63, 3.8) is 0 Å². The topological polar surface area (TPSA) is 41.1 Å². The number of nitrogens with one attached hydrogen (secondary N) is 2. The molecule has 88 valence electrons. The lowest BCUT2D eigenvalue weighted by atomic mass is 10.0. The van der Waals surface area contributed by atoms with Gasteiger partial charge >= 0.3 is 6.03 Å². The third-order valence-corrected chi connectivity index (χ3v) is 3.14. The van der Waals surface area contributed by atoms with Crippen molar-refractivity contribution in [2.24, 2.45) is 0 Å². The first-order valence-electron chi connectivity index (χ1n) is 6.25. The Morgan fingerprint density at radius 1 is 0.938 bits per heavy atom. The van der Waals surface area contributed by atoms with Crippen LogP contribution in [0.1, 0.15) is 38.5 Å². The maximum absolute atomic E-state index is 11.7. The van der Waals surface area contributed by atoms with Crippen LogP contribution in [0.3, 0.4) is 0 Å². The summed E-state index contributed by atoms with van der Waals surface area (Å²) in [6.07, 6.45) is 15.2. The van der Waals surface area contributed by atoms with Gasteiger partial charge in [-0.25, -0.2) is 4.79 Å². The lowest BCUT2D eigenvalue weighted by molar-refractivity contribution is 0.235. The molecule has 2 rings (SSSR count). The Morgan fingerprint density at radius 2 is 1.44 bits per heavy atom. The van der Waals surface area contributed by atoms with Crippen LogP contribution in [0.5, 0.6) is 0 Å². The summed E-state index contributed by atoms with van der Waals surface area (Å²) < 4.78 is 0. The van der Waals surface area contributed by atoms with Crippen molar-refractivity contribution in [2.75, 3.05) is 0 Å². The summed E-state index contributed by atoms with van der Waals surface area (Å²) in [5, 5.41) is 5.99. The maximum Gasteiger partial charge on any atom is 0.315 e. The van der Waals surface area contributed by atoms with Gasteiger partial charge in [-0.15, -0.1) is 0 Å². The Hall–Kier alpha value is -1.25. The standard InChI is InChI=1S/C13H20N2O/c16-13(14-11-7-3-1-4-8-11)15-12-9-5-2-6-10-12/h3,5,7,9,11-12H,1-2,4,6,8,10H2,(H2,14,15,16)/t11-,12-/m1/s1. The van der Waals surface area contributed by atoms with Gasteiger partial charge in [-0.2, -0.15) is 0 Å². The number of rotatable bonds is 2. The van der Waals surface area contributed by atoms with Gasteiger partial charge in [0.2, 0.25) is 0 Å². The van der Waals surface area contributed by atoms with E-state index in [-0.39, 0.29) is 18.1 Å². The van der Waals surface area contributed by atoms with Crippen LogP contribution in [0.4, 0.5) is 4.79 Å². The highest BCUT2D eigenvalue weighted by Gasteiger charge is 2.14. The molecule has 3 heteroatoms. The smallest absolute Gasteiger partial charge is 0.315 e. The zero-order valence-electron chi connectivity index (χ0n) is 9.61. The van der Waals surface area contributed by atoms with Crippen molar-refractivity contribution in [3.05, 3.63) is 24.3 Å². The summed E-state index contributed by atoms with van der Waals surface area (Å²) in [6, 6.07) is 0.413. The van der Waals surface area contributed by atoms with Crippen LogP contribution >= 0.6 is 0 Å². The third-order valence-electron chi connectivity index (χ3n) is 3.14. The molecule has 0 spiro atoms. The molecule has 2 atom stereocenters. The van der Waals surface area contributed by atoms with E-state index in [1.54, 1.807) is 0 Å². The van der Waals surface area contributed by atoms with Crippen molar-refractivity contribution in [1.82, 2.24) is 10.6 Å². The number of carbonyl (C=O) groups is 1. The fourth-order valence-electron chi connectivity index (χ4n) is 2.24. The van der Waals surface area contributed by atoms with E-state index in [0.717, 1.165) is 25.7 Å². The zero-order chi connectivity index (χ0) is 11.2. The average Bonchev–Trinajstić information content (AvgIpc) is 2.31. The molecule has 2 aliphatic carbocycles. The van der Waals surface area contributed by atoms with Crippen LogP contribution in [0.2, 0.25) is 0 Å². The van der Waals surface area contributed by atoms with Gasteiger partial charge in [-0.05, 0) is 38.5 Å². The molecular formula is C13H20N2O. The van der Waals surface area contributed by atoms with Crippen LogP contribution in [0, 0.1) is 0 Å². The average molecular weight is 220 g/mol. The second-order valence-corrected chi connectivity index (χ2v) is 4.55. The minimum absolute atomic E-state index is 0.0342. The molecule has 0 fully saturated rings. The minimum atomic E-state index is -0.0342. The molecule has 0 radical (unpaired) electrons. The van der Waals surface area contributed by atoms with E-state index in [9.17, 15) is 4.79 Å². The van der Waals surface area contributed by atoms with Gasteiger partial charge in [0.25, 0.3) is 0 Å². The van der Waals surface area contributed by atoms with Crippen LogP contribution in [0.15, 0.2) is 24.3 Å². The molecule has 0 aromatic rings. The molecule has 0 bridgehead atoms. The predicted octanol–water partition coefficient (Wildman–Crippen LogP) is 2.50. The fraction of sp³-hybridized carbons (Fsp3) is 0.615. The first kappa shape index (κ1) is 11.2. The van der Waals surface area contributed by atoms with Gasteiger partial charge in [-0.3, -0.25) is 0 Å². The van der Waals surface area contributed by atoms with Crippen LogP contribution in [0.25, 0.3) is 0 Å². The summed E-state index contributed by atoms with van der Waals surface area (Å²) in [6.45, 7) is 0. The summed E-state index contributed by atoms with van der Waals surface area (Å²) >= 11 is 0. The number of amides is 2. The minimum Gasteiger partial charge on any atom is -0.332 e. The molecule has 2 amide bonds. The predicted molar refractivity (Wildman–Crippen MR) is 65.2 cm³/mol. The molecule has 0 aliphatic heterocycles. The van der Waals surface area contributed by atoms with E-state index in [4.69, 9.17) is 0 Å². The Bertz CT molecular complexity index is 268. The molecule has 2 N–H and O–H groups in total. The molecule has 0 aromatic heterocycles. The van der Waals surface area contributed by atoms with Crippen LogP contribution in [-0.2, 0) is 0 Å². The maximum atomic E-state index is 11.7. The summed E-state index contributed by atoms with van der Waals surface area (Å²) in [5.74, 6) is 0. The first-order chi connectivity index (χ1) is 7.84. The molecule has 0 unspecified atom stereocenters. The molecule has 16 heavy (non-hydrogen) atoms. The Labute approximate surface area is 97.0 Å². The van der Waals surface area contributed by atoms with Crippen molar-refractivity contribution < 1.29 is 4.79 Å². The molecule has 0 heterocycles. The van der Waals surface area contributed by atoms with E-state index < -0.39 is 0 Å². The highest BCUT2D eigenvalue weighted by Crippen LogP contribution is 2.11.